The Labute approximate surface area is 243 Å². The first kappa shape index (κ1) is 30.8. The van der Waals surface area contributed by atoms with E-state index < -0.39 is 18.1 Å². The highest BCUT2D eigenvalue weighted by Crippen LogP contribution is 2.23. The molecule has 1 aromatic carbocycles. The molecule has 224 valence electrons. The number of nitrogens with one attached hydrogen (secondary N) is 4. The van der Waals surface area contributed by atoms with Gasteiger partial charge in [0.05, 0.1) is 6.04 Å². The molecule has 0 spiro atoms. The molecule has 9 nitrogen and oxygen atoms in total. The summed E-state index contributed by atoms with van der Waals surface area (Å²) in [6.45, 7) is 6.98. The third-order valence-electron chi connectivity index (χ3n) is 8.87. The zero-order chi connectivity index (χ0) is 29.4. The van der Waals surface area contributed by atoms with E-state index in [1.165, 1.54) is 0 Å². The number of H-pyrrole nitrogens is 1. The van der Waals surface area contributed by atoms with Gasteiger partial charge in [0.2, 0.25) is 17.7 Å². The van der Waals surface area contributed by atoms with Crippen molar-refractivity contribution in [3.8, 4) is 0 Å². The summed E-state index contributed by atoms with van der Waals surface area (Å²) in [5.74, 6) is -0.172. The topological polar surface area (TPSA) is 123 Å². The van der Waals surface area contributed by atoms with Crippen LogP contribution in [0.1, 0.15) is 84.1 Å². The van der Waals surface area contributed by atoms with E-state index in [1.54, 1.807) is 4.90 Å². The molecule has 2 saturated heterocycles. The largest absolute Gasteiger partial charge is 0.361 e. The summed E-state index contributed by atoms with van der Waals surface area (Å²) < 4.78 is 0. The van der Waals surface area contributed by atoms with Gasteiger partial charge in [-0.05, 0) is 49.7 Å². The minimum Gasteiger partial charge on any atom is -0.361 e. The maximum absolute atomic E-state index is 13.8. The van der Waals surface area contributed by atoms with Gasteiger partial charge in [-0.3, -0.25) is 19.2 Å². The van der Waals surface area contributed by atoms with Crippen molar-refractivity contribution in [3.63, 3.8) is 0 Å². The predicted octanol–water partition coefficient (Wildman–Crippen LogP) is 3.62. The summed E-state index contributed by atoms with van der Waals surface area (Å²) in [6.07, 6.45) is 8.65. The smallest absolute Gasteiger partial charge is 0.243 e. The molecule has 2 aromatic rings. The van der Waals surface area contributed by atoms with E-state index >= 15 is 0 Å². The van der Waals surface area contributed by atoms with Gasteiger partial charge in [-0.1, -0.05) is 58.2 Å². The third kappa shape index (κ3) is 7.76. The number of unbranched alkanes of at least 4 members (excludes halogenated alkanes) is 2. The van der Waals surface area contributed by atoms with Crippen molar-refractivity contribution in [1.29, 1.82) is 0 Å². The Morgan fingerprint density at radius 2 is 1.85 bits per heavy atom. The van der Waals surface area contributed by atoms with Crippen molar-refractivity contribution in [2.45, 2.75) is 109 Å². The summed E-state index contributed by atoms with van der Waals surface area (Å²) >= 11 is 0. The average Bonchev–Trinajstić information content (AvgIpc) is 3.63. The fraction of sp³-hybridized carbons (Fsp3) is 0.625. The Bertz CT molecular complexity index is 1210. The van der Waals surface area contributed by atoms with E-state index in [9.17, 15) is 19.2 Å². The van der Waals surface area contributed by atoms with Crippen LogP contribution in [-0.4, -0.2) is 70.6 Å². The number of hydrogen-bond donors (Lipinski definition) is 4. The van der Waals surface area contributed by atoms with Crippen molar-refractivity contribution in [2.24, 2.45) is 5.92 Å². The van der Waals surface area contributed by atoms with Gasteiger partial charge in [0.1, 0.15) is 17.9 Å². The predicted molar refractivity (Wildman–Crippen MR) is 160 cm³/mol. The highest BCUT2D eigenvalue weighted by Gasteiger charge is 2.40. The number of ketones is 1. The molecule has 0 saturated carbocycles. The number of amides is 3. The van der Waals surface area contributed by atoms with Crippen LogP contribution in [0.5, 0.6) is 0 Å². The zero-order valence-corrected chi connectivity index (χ0v) is 24.8. The van der Waals surface area contributed by atoms with Crippen LogP contribution in [-0.2, 0) is 25.6 Å². The quantitative estimate of drug-likeness (QED) is 0.310. The number of para-hydroxylation sites is 1. The molecule has 5 atom stereocenters. The SMILES string of the molecule is CCC(=O)CCCCC[C@@H]1NC(=O)[C@H]2CCCN2C(=O)[C@H]([C@@H](C)CC)NC[C@H](Cc2c[nH]c3ccccc23)NC1=O. The zero-order valence-electron chi connectivity index (χ0n) is 24.8. The number of fused-ring (bicyclic) bond motifs is 2. The number of benzene rings is 1. The van der Waals surface area contributed by atoms with Gasteiger partial charge in [0.25, 0.3) is 0 Å². The van der Waals surface area contributed by atoms with E-state index in [1.807, 2.05) is 31.3 Å². The van der Waals surface area contributed by atoms with E-state index in [4.69, 9.17) is 0 Å². The van der Waals surface area contributed by atoms with Gasteiger partial charge in [-0.2, -0.15) is 0 Å². The average molecular weight is 566 g/mol. The number of carbonyl (C=O) groups is 4. The second-order valence-electron chi connectivity index (χ2n) is 11.8. The number of carbonyl (C=O) groups excluding carboxylic acids is 4. The summed E-state index contributed by atoms with van der Waals surface area (Å²) in [4.78, 5) is 57.8. The summed E-state index contributed by atoms with van der Waals surface area (Å²) in [5.41, 5.74) is 2.13. The standard InChI is InChI=1S/C32H47N5O4/c1-4-21(3)29-32(41)37-17-11-16-28(37)31(40)36-27(15-8-6-7-12-24(38)5-2)30(39)35-23(20-34-29)18-22-19-33-26-14-10-9-13-25(22)26/h9-10,13-14,19,21,23,27-29,33-34H,4-8,11-12,15-18,20H2,1-3H3,(H,35,39)(H,36,40)/t21-,23-,27-,28+,29-/m0/s1. The fourth-order valence-electron chi connectivity index (χ4n) is 6.12. The number of nitrogens with zero attached hydrogens (tertiary/aromatic N) is 1. The van der Waals surface area contributed by atoms with Crippen LogP contribution in [0.15, 0.2) is 30.5 Å². The molecular weight excluding hydrogens is 518 g/mol. The van der Waals surface area contributed by atoms with Crippen LogP contribution in [0.3, 0.4) is 0 Å². The lowest BCUT2D eigenvalue weighted by molar-refractivity contribution is -0.142. The fourth-order valence-corrected chi connectivity index (χ4v) is 6.12. The molecule has 2 fully saturated rings. The van der Waals surface area contributed by atoms with E-state index in [0.29, 0.717) is 45.2 Å². The molecule has 41 heavy (non-hydrogen) atoms. The molecule has 2 aliphatic heterocycles. The van der Waals surface area contributed by atoms with E-state index in [-0.39, 0.29) is 35.5 Å². The highest BCUT2D eigenvalue weighted by molar-refractivity contribution is 5.94. The van der Waals surface area contributed by atoms with Gasteiger partial charge >= 0.3 is 0 Å². The molecule has 2 aliphatic rings. The van der Waals surface area contributed by atoms with Gasteiger partial charge in [-0.15, -0.1) is 0 Å². The minimum absolute atomic E-state index is 0.0353. The second-order valence-corrected chi connectivity index (χ2v) is 11.8. The summed E-state index contributed by atoms with van der Waals surface area (Å²) in [5, 5.41) is 10.8. The lowest BCUT2D eigenvalue weighted by Gasteiger charge is -2.34. The van der Waals surface area contributed by atoms with Crippen molar-refractivity contribution in [2.75, 3.05) is 13.1 Å². The van der Waals surface area contributed by atoms with Gasteiger partial charge in [0.15, 0.2) is 0 Å². The highest BCUT2D eigenvalue weighted by atomic mass is 16.2. The van der Waals surface area contributed by atoms with Crippen molar-refractivity contribution in [1.82, 2.24) is 25.8 Å². The minimum atomic E-state index is -0.697. The first-order chi connectivity index (χ1) is 19.8. The lowest BCUT2D eigenvalue weighted by atomic mass is 9.96. The van der Waals surface area contributed by atoms with Gasteiger partial charge in [-0.25, -0.2) is 0 Å². The molecular formula is C32H47N5O4. The molecule has 4 N–H and O–H groups in total. The second kappa shape index (κ2) is 14.6. The Morgan fingerprint density at radius 3 is 2.63 bits per heavy atom. The molecule has 0 bridgehead atoms. The normalized spacial score (nSPS) is 24.8. The third-order valence-corrected chi connectivity index (χ3v) is 8.87. The van der Waals surface area contributed by atoms with E-state index in [2.05, 4.69) is 40.8 Å². The molecule has 1 aromatic heterocycles. The van der Waals surface area contributed by atoms with Crippen molar-refractivity contribution < 1.29 is 19.2 Å². The Balaban J connectivity index is 1.57. The van der Waals surface area contributed by atoms with Gasteiger partial charge in [0, 0.05) is 49.1 Å². The number of Topliss-reactive ketones (excluding diaryl/α,β-unsaturated/α-hetero) is 1. The Kier molecular flexibility index (Phi) is 11.0. The van der Waals surface area contributed by atoms with Gasteiger partial charge < -0.3 is 25.8 Å². The molecule has 4 rings (SSSR count). The molecule has 3 amide bonds. The van der Waals surface area contributed by atoms with Crippen LogP contribution in [0.2, 0.25) is 0 Å². The Morgan fingerprint density at radius 1 is 1.05 bits per heavy atom. The van der Waals surface area contributed by atoms with Crippen molar-refractivity contribution in [3.05, 3.63) is 36.0 Å². The molecule has 0 unspecified atom stereocenters. The van der Waals surface area contributed by atoms with E-state index in [0.717, 1.165) is 48.6 Å². The maximum Gasteiger partial charge on any atom is 0.243 e. The first-order valence-corrected chi connectivity index (χ1v) is 15.5. The van der Waals surface area contributed by atoms with Crippen molar-refractivity contribution >= 4 is 34.4 Å². The lowest BCUT2D eigenvalue weighted by Crippen LogP contribution is -2.60. The van der Waals surface area contributed by atoms with Crippen LogP contribution >= 0.6 is 0 Å². The summed E-state index contributed by atoms with van der Waals surface area (Å²) in [7, 11) is 0. The van der Waals surface area contributed by atoms with Crippen LogP contribution in [0, 0.1) is 5.92 Å². The van der Waals surface area contributed by atoms with Crippen LogP contribution < -0.4 is 16.0 Å². The van der Waals surface area contributed by atoms with Crippen LogP contribution in [0.4, 0.5) is 0 Å². The maximum atomic E-state index is 13.8. The molecule has 0 aliphatic carbocycles. The first-order valence-electron chi connectivity index (χ1n) is 15.5. The Hall–Kier alpha value is -3.20. The molecule has 0 radical (unpaired) electrons. The number of aromatic nitrogens is 1. The number of hydrogen-bond acceptors (Lipinski definition) is 5. The summed E-state index contributed by atoms with van der Waals surface area (Å²) in [6, 6.07) is 6.11. The van der Waals surface area contributed by atoms with Crippen LogP contribution in [0.25, 0.3) is 10.9 Å². The monoisotopic (exact) mass is 565 g/mol. The molecule has 9 heteroatoms. The number of aromatic amines is 1. The molecule has 3 heterocycles. The number of rotatable bonds is 11.